The Morgan fingerprint density at radius 2 is 1.51 bits per heavy atom. The fourth-order valence-corrected chi connectivity index (χ4v) is 4.27. The second-order valence-electron chi connectivity index (χ2n) is 8.27. The first kappa shape index (κ1) is 24.0. The number of pyridine rings is 1. The van der Waals surface area contributed by atoms with Crippen LogP contribution in [0.4, 0.5) is 0 Å². The second-order valence-corrected chi connectivity index (χ2v) is 8.68. The number of hydrogen-bond acceptors (Lipinski definition) is 5. The van der Waals surface area contributed by atoms with Crippen LogP contribution in [0.5, 0.6) is 11.8 Å². The van der Waals surface area contributed by atoms with Crippen LogP contribution in [-0.4, -0.2) is 37.1 Å². The van der Waals surface area contributed by atoms with Crippen LogP contribution in [0, 0.1) is 0 Å². The number of rotatable bonds is 7. The highest BCUT2D eigenvalue weighted by molar-refractivity contribution is 6.33. The molecule has 0 radical (unpaired) electrons. The number of benzene rings is 3. The molecule has 0 spiro atoms. The zero-order chi connectivity index (χ0) is 26.1. The third-order valence-electron chi connectivity index (χ3n) is 5.94. The van der Waals surface area contributed by atoms with Crippen molar-refractivity contribution in [1.29, 1.82) is 0 Å². The van der Waals surface area contributed by atoms with E-state index in [9.17, 15) is 14.7 Å². The van der Waals surface area contributed by atoms with E-state index in [1.165, 1.54) is 6.07 Å². The van der Waals surface area contributed by atoms with E-state index < -0.39 is 11.9 Å². The Hall–Kier alpha value is -4.69. The maximum Gasteiger partial charge on any atom is 0.336 e. The average molecular weight is 514 g/mol. The molecule has 0 saturated carbocycles. The highest BCUT2D eigenvalue weighted by Gasteiger charge is 2.15. The Morgan fingerprint density at radius 3 is 2.14 bits per heavy atom. The zero-order valence-electron chi connectivity index (χ0n) is 19.5. The predicted octanol–water partition coefficient (Wildman–Crippen LogP) is 6.70. The molecule has 0 aliphatic rings. The van der Waals surface area contributed by atoms with Crippen molar-refractivity contribution in [3.05, 3.63) is 94.5 Å². The molecule has 184 valence electrons. The number of hydrogen-bond donors (Lipinski definition) is 3. The van der Waals surface area contributed by atoms with Crippen molar-refractivity contribution in [3.8, 4) is 34.1 Å². The van der Waals surface area contributed by atoms with Gasteiger partial charge in [-0.05, 0) is 53.4 Å². The summed E-state index contributed by atoms with van der Waals surface area (Å²) >= 11 is 6.53. The van der Waals surface area contributed by atoms with Gasteiger partial charge < -0.3 is 19.9 Å². The lowest BCUT2D eigenvalue weighted by Crippen LogP contribution is -2.02. The SMILES string of the molecule is CCc1ccc(Oc2nc3nc(-c4ccc(-c5ccc(C(=O)O)cc5)cc4)c(Cl)cc3[nH]2)cc1C(=O)O. The van der Waals surface area contributed by atoms with Gasteiger partial charge >= 0.3 is 17.9 Å². The van der Waals surface area contributed by atoms with Crippen LogP contribution < -0.4 is 4.74 Å². The molecule has 5 rings (SSSR count). The highest BCUT2D eigenvalue weighted by Crippen LogP contribution is 2.32. The number of nitrogens with zero attached hydrogens (tertiary/aromatic N) is 2. The number of ether oxygens (including phenoxy) is 1. The summed E-state index contributed by atoms with van der Waals surface area (Å²) in [7, 11) is 0. The van der Waals surface area contributed by atoms with Gasteiger partial charge in [-0.1, -0.05) is 61.0 Å². The van der Waals surface area contributed by atoms with Crippen LogP contribution in [0.15, 0.2) is 72.8 Å². The first-order chi connectivity index (χ1) is 17.8. The van der Waals surface area contributed by atoms with Gasteiger partial charge in [0.05, 0.1) is 27.4 Å². The topological polar surface area (TPSA) is 125 Å². The summed E-state index contributed by atoms with van der Waals surface area (Å²) in [5.74, 6) is -1.65. The molecule has 0 bridgehead atoms. The molecule has 0 aliphatic heterocycles. The number of carboxylic acids is 2. The van der Waals surface area contributed by atoms with Crippen molar-refractivity contribution in [1.82, 2.24) is 15.0 Å². The smallest absolute Gasteiger partial charge is 0.336 e. The minimum absolute atomic E-state index is 0.163. The number of aromatic amines is 1. The molecule has 0 fully saturated rings. The van der Waals surface area contributed by atoms with Gasteiger partial charge in [0.1, 0.15) is 5.75 Å². The Kier molecular flexibility index (Phi) is 6.33. The van der Waals surface area contributed by atoms with Crippen molar-refractivity contribution in [2.45, 2.75) is 13.3 Å². The Labute approximate surface area is 216 Å². The lowest BCUT2D eigenvalue weighted by atomic mass is 10.0. The number of H-pyrrole nitrogens is 1. The van der Waals surface area contributed by atoms with Crippen LogP contribution in [-0.2, 0) is 6.42 Å². The molecular weight excluding hydrogens is 494 g/mol. The van der Waals surface area contributed by atoms with Gasteiger partial charge in [-0.3, -0.25) is 0 Å². The largest absolute Gasteiger partial charge is 0.478 e. The number of fused-ring (bicyclic) bond motifs is 1. The summed E-state index contributed by atoms with van der Waals surface area (Å²) in [6.45, 7) is 1.89. The molecule has 2 aromatic heterocycles. The number of carbonyl (C=O) groups is 2. The molecule has 0 aliphatic carbocycles. The van der Waals surface area contributed by atoms with Crippen molar-refractivity contribution in [2.75, 3.05) is 0 Å². The zero-order valence-corrected chi connectivity index (χ0v) is 20.3. The van der Waals surface area contributed by atoms with Crippen molar-refractivity contribution in [3.63, 3.8) is 0 Å². The molecule has 0 saturated heterocycles. The van der Waals surface area contributed by atoms with E-state index in [-0.39, 0.29) is 17.1 Å². The van der Waals surface area contributed by atoms with Crippen molar-refractivity contribution < 1.29 is 24.5 Å². The predicted molar refractivity (Wildman–Crippen MR) is 140 cm³/mol. The van der Waals surface area contributed by atoms with E-state index in [0.717, 1.165) is 16.7 Å². The fourth-order valence-electron chi connectivity index (χ4n) is 4.01. The van der Waals surface area contributed by atoms with E-state index in [2.05, 4.69) is 15.0 Å². The number of aromatic carboxylic acids is 2. The molecule has 37 heavy (non-hydrogen) atoms. The van der Waals surface area contributed by atoms with Crippen molar-refractivity contribution >= 4 is 34.7 Å². The van der Waals surface area contributed by atoms with Gasteiger partial charge in [0.2, 0.25) is 0 Å². The van der Waals surface area contributed by atoms with Gasteiger partial charge in [0.15, 0.2) is 5.65 Å². The minimum atomic E-state index is -1.02. The number of imidazole rings is 1. The molecular formula is C28H20ClN3O5. The van der Waals surface area contributed by atoms with Crippen molar-refractivity contribution in [2.24, 2.45) is 0 Å². The first-order valence-electron chi connectivity index (χ1n) is 11.4. The van der Waals surface area contributed by atoms with E-state index in [1.807, 2.05) is 31.2 Å². The number of aromatic nitrogens is 3. The van der Waals surface area contributed by atoms with E-state index in [4.69, 9.17) is 21.4 Å². The normalized spacial score (nSPS) is 11.0. The van der Waals surface area contributed by atoms with Gasteiger partial charge in [-0.2, -0.15) is 4.98 Å². The van der Waals surface area contributed by atoms with Crippen LogP contribution in [0.2, 0.25) is 5.02 Å². The number of aryl methyl sites for hydroxylation is 1. The lowest BCUT2D eigenvalue weighted by molar-refractivity contribution is 0.0685. The Bertz CT molecular complexity index is 1640. The first-order valence-corrected chi connectivity index (χ1v) is 11.7. The Morgan fingerprint density at radius 1 is 0.865 bits per heavy atom. The standard InChI is InChI=1S/C28H20ClN3O5/c1-2-15-11-12-20(13-21(15)27(35)36)37-28-30-23-14-22(29)24(31-25(23)32-28)18-7-3-16(4-8-18)17-5-9-19(10-6-17)26(33)34/h3-14H,2H2,1H3,(H,33,34)(H,35,36)(H,30,31,32). The highest BCUT2D eigenvalue weighted by atomic mass is 35.5. The quantitative estimate of drug-likeness (QED) is 0.221. The van der Waals surface area contributed by atoms with Gasteiger partial charge in [0, 0.05) is 5.56 Å². The maximum atomic E-state index is 11.6. The van der Waals surface area contributed by atoms with Crippen LogP contribution in [0.25, 0.3) is 33.5 Å². The maximum absolute atomic E-state index is 11.6. The number of nitrogens with one attached hydrogen (secondary N) is 1. The summed E-state index contributed by atoms with van der Waals surface area (Å²) in [6, 6.07) is 21.0. The van der Waals surface area contributed by atoms with Crippen LogP contribution in [0.1, 0.15) is 33.2 Å². The summed E-state index contributed by atoms with van der Waals surface area (Å²) in [5.41, 5.74) is 5.22. The Balaban J connectivity index is 1.41. The van der Waals surface area contributed by atoms with Gasteiger partial charge in [-0.15, -0.1) is 0 Å². The lowest BCUT2D eigenvalue weighted by Gasteiger charge is -2.07. The summed E-state index contributed by atoms with van der Waals surface area (Å²) in [5, 5.41) is 19.0. The summed E-state index contributed by atoms with van der Waals surface area (Å²) < 4.78 is 5.78. The fraction of sp³-hybridized carbons (Fsp3) is 0.0714. The van der Waals surface area contributed by atoms with Crippen LogP contribution in [0.3, 0.4) is 0 Å². The molecule has 0 amide bonds. The molecule has 0 unspecified atom stereocenters. The molecule has 3 aromatic carbocycles. The number of halogens is 1. The second kappa shape index (κ2) is 9.75. The third-order valence-corrected chi connectivity index (χ3v) is 6.22. The molecule has 5 aromatic rings. The van der Waals surface area contributed by atoms with E-state index in [1.54, 1.807) is 42.5 Å². The molecule has 8 nitrogen and oxygen atoms in total. The van der Waals surface area contributed by atoms with Gasteiger partial charge in [0.25, 0.3) is 0 Å². The third kappa shape index (κ3) is 4.87. The minimum Gasteiger partial charge on any atom is -0.478 e. The monoisotopic (exact) mass is 513 g/mol. The van der Waals surface area contributed by atoms with Crippen LogP contribution >= 0.6 is 11.6 Å². The van der Waals surface area contributed by atoms with Gasteiger partial charge in [-0.25, -0.2) is 14.6 Å². The summed E-state index contributed by atoms with van der Waals surface area (Å²) in [6.07, 6.45) is 0.593. The number of carboxylic acid groups (broad SMARTS) is 2. The summed E-state index contributed by atoms with van der Waals surface area (Å²) in [4.78, 5) is 34.6. The van der Waals surface area contributed by atoms with E-state index >= 15 is 0 Å². The molecule has 2 heterocycles. The molecule has 0 atom stereocenters. The average Bonchev–Trinajstić information content (AvgIpc) is 3.29. The molecule has 9 heteroatoms. The molecule has 3 N–H and O–H groups in total. The van der Waals surface area contributed by atoms with E-state index in [0.29, 0.717) is 39.6 Å².